The lowest BCUT2D eigenvalue weighted by atomic mass is 10.0. The summed E-state index contributed by atoms with van der Waals surface area (Å²) in [6.45, 7) is 6.75. The molecule has 2 aromatic rings. The third-order valence-corrected chi connectivity index (χ3v) is 4.61. The lowest BCUT2D eigenvalue weighted by molar-refractivity contribution is -0.126. The van der Waals surface area contributed by atoms with Crippen LogP contribution in [0, 0.1) is 5.92 Å². The average Bonchev–Trinajstić information content (AvgIpc) is 3.26. The van der Waals surface area contributed by atoms with Crippen LogP contribution in [0.4, 0.5) is 5.69 Å². The first-order valence-electron chi connectivity index (χ1n) is 8.97. The molecule has 138 valence electrons. The van der Waals surface area contributed by atoms with Gasteiger partial charge in [0.05, 0.1) is 12.5 Å². The van der Waals surface area contributed by atoms with Gasteiger partial charge < -0.3 is 14.7 Å². The second-order valence-corrected chi connectivity index (χ2v) is 6.83. The molecule has 1 aliphatic heterocycles. The largest absolute Gasteiger partial charge is 0.347 e. The molecule has 0 unspecified atom stereocenters. The van der Waals surface area contributed by atoms with Gasteiger partial charge in [0, 0.05) is 25.1 Å². The van der Waals surface area contributed by atoms with E-state index in [0.29, 0.717) is 30.6 Å². The predicted octanol–water partition coefficient (Wildman–Crippen LogP) is 2.42. The van der Waals surface area contributed by atoms with Gasteiger partial charge >= 0.3 is 0 Å². The van der Waals surface area contributed by atoms with Crippen LogP contribution >= 0.6 is 0 Å². The van der Waals surface area contributed by atoms with Crippen molar-refractivity contribution in [2.24, 2.45) is 5.92 Å². The maximum absolute atomic E-state index is 12.4. The number of anilines is 1. The van der Waals surface area contributed by atoms with Crippen molar-refractivity contribution in [2.75, 3.05) is 11.4 Å². The van der Waals surface area contributed by atoms with Gasteiger partial charge in [-0.1, -0.05) is 38.1 Å². The quantitative estimate of drug-likeness (QED) is 0.859. The number of carbonyl (C=O) groups is 2. The number of carbonyl (C=O) groups excluding carboxylic acids is 2. The molecule has 2 amide bonds. The molecular weight excluding hydrogens is 332 g/mol. The highest BCUT2D eigenvalue weighted by Gasteiger charge is 2.35. The van der Waals surface area contributed by atoms with Gasteiger partial charge in [0.15, 0.2) is 5.82 Å². The number of nitrogens with zero attached hydrogens (tertiary/aromatic N) is 3. The third-order valence-electron chi connectivity index (χ3n) is 4.61. The summed E-state index contributed by atoms with van der Waals surface area (Å²) in [5.41, 5.74) is 2.06. The standard InChI is InChI=1S/C19H24N4O3/c1-4-16-21-17(26-22-16)10-20-19(25)14-9-18(24)23(11-14)15-7-5-13(6-8-15)12(2)3/h5-8,12,14H,4,9-11H2,1-3H3,(H,20,25)/t14-/m1/s1. The first-order valence-corrected chi connectivity index (χ1v) is 8.97. The topological polar surface area (TPSA) is 88.3 Å². The zero-order valence-corrected chi connectivity index (χ0v) is 15.4. The number of hydrogen-bond acceptors (Lipinski definition) is 5. The molecule has 1 aromatic carbocycles. The summed E-state index contributed by atoms with van der Waals surface area (Å²) in [6.07, 6.45) is 0.890. The van der Waals surface area contributed by atoms with Gasteiger partial charge in [0.1, 0.15) is 0 Å². The smallest absolute Gasteiger partial charge is 0.246 e. The van der Waals surface area contributed by atoms with Crippen molar-refractivity contribution in [2.45, 2.75) is 46.1 Å². The van der Waals surface area contributed by atoms with Gasteiger partial charge in [-0.3, -0.25) is 9.59 Å². The Hall–Kier alpha value is -2.70. The summed E-state index contributed by atoms with van der Waals surface area (Å²) in [6, 6.07) is 7.94. The summed E-state index contributed by atoms with van der Waals surface area (Å²) < 4.78 is 5.06. The first-order chi connectivity index (χ1) is 12.5. The van der Waals surface area contributed by atoms with Crippen molar-refractivity contribution in [3.63, 3.8) is 0 Å². The normalized spacial score (nSPS) is 17.2. The summed E-state index contributed by atoms with van der Waals surface area (Å²) >= 11 is 0. The minimum Gasteiger partial charge on any atom is -0.347 e. The molecule has 1 aliphatic rings. The van der Waals surface area contributed by atoms with E-state index in [9.17, 15) is 9.59 Å². The van der Waals surface area contributed by atoms with Crippen molar-refractivity contribution < 1.29 is 14.1 Å². The number of aryl methyl sites for hydroxylation is 1. The van der Waals surface area contributed by atoms with Crippen molar-refractivity contribution >= 4 is 17.5 Å². The molecule has 26 heavy (non-hydrogen) atoms. The Morgan fingerprint density at radius 1 is 1.35 bits per heavy atom. The number of rotatable bonds is 6. The molecule has 1 N–H and O–H groups in total. The van der Waals surface area contributed by atoms with E-state index in [1.165, 1.54) is 5.56 Å². The van der Waals surface area contributed by atoms with Gasteiger partial charge in [-0.2, -0.15) is 4.98 Å². The number of amides is 2. The van der Waals surface area contributed by atoms with E-state index in [4.69, 9.17) is 4.52 Å². The molecule has 0 bridgehead atoms. The zero-order valence-electron chi connectivity index (χ0n) is 15.4. The van der Waals surface area contributed by atoms with E-state index >= 15 is 0 Å². The third kappa shape index (κ3) is 3.92. The molecule has 7 nitrogen and oxygen atoms in total. The monoisotopic (exact) mass is 356 g/mol. The minimum absolute atomic E-state index is 0.0338. The fraction of sp³-hybridized carbons (Fsp3) is 0.474. The molecule has 1 saturated heterocycles. The van der Waals surface area contributed by atoms with Crippen molar-refractivity contribution in [1.29, 1.82) is 0 Å². The fourth-order valence-electron chi connectivity index (χ4n) is 2.98. The molecule has 1 atom stereocenters. The second kappa shape index (κ2) is 7.68. The average molecular weight is 356 g/mol. The molecule has 0 radical (unpaired) electrons. The Morgan fingerprint density at radius 2 is 2.08 bits per heavy atom. The molecule has 0 spiro atoms. The highest BCUT2D eigenvalue weighted by molar-refractivity contribution is 6.00. The van der Waals surface area contributed by atoms with Crippen molar-refractivity contribution in [3.05, 3.63) is 41.5 Å². The number of nitrogens with one attached hydrogen (secondary N) is 1. The van der Waals surface area contributed by atoms with E-state index in [-0.39, 0.29) is 30.7 Å². The van der Waals surface area contributed by atoms with Gasteiger partial charge in [-0.05, 0) is 23.6 Å². The SMILES string of the molecule is CCc1noc(CNC(=O)[C@@H]2CC(=O)N(c3ccc(C(C)C)cc3)C2)n1. The number of benzene rings is 1. The highest BCUT2D eigenvalue weighted by atomic mass is 16.5. The Labute approximate surface area is 152 Å². The number of hydrogen-bond donors (Lipinski definition) is 1. The molecule has 2 heterocycles. The molecular formula is C19H24N4O3. The van der Waals surface area contributed by atoms with Crippen LogP contribution in [0.1, 0.15) is 50.4 Å². The van der Waals surface area contributed by atoms with Crippen LogP contribution < -0.4 is 10.2 Å². The molecule has 1 aromatic heterocycles. The Bertz CT molecular complexity index is 782. The summed E-state index contributed by atoms with van der Waals surface area (Å²) in [7, 11) is 0. The van der Waals surface area contributed by atoms with E-state index in [2.05, 4.69) is 29.3 Å². The van der Waals surface area contributed by atoms with Gasteiger partial charge in [-0.25, -0.2) is 0 Å². The van der Waals surface area contributed by atoms with Crippen LogP contribution in [0.5, 0.6) is 0 Å². The first kappa shape index (κ1) is 18.1. The van der Waals surface area contributed by atoms with Crippen LogP contribution in [0.15, 0.2) is 28.8 Å². The lowest BCUT2D eigenvalue weighted by Crippen LogP contribution is -2.32. The number of aromatic nitrogens is 2. The predicted molar refractivity (Wildman–Crippen MR) is 96.5 cm³/mol. The molecule has 7 heteroatoms. The van der Waals surface area contributed by atoms with E-state index in [1.54, 1.807) is 4.90 Å². The zero-order chi connectivity index (χ0) is 18.7. The Morgan fingerprint density at radius 3 is 2.69 bits per heavy atom. The van der Waals surface area contributed by atoms with Crippen LogP contribution in [0.25, 0.3) is 0 Å². The maximum atomic E-state index is 12.4. The maximum Gasteiger partial charge on any atom is 0.246 e. The summed E-state index contributed by atoms with van der Waals surface area (Å²) in [5.74, 6) is 0.849. The van der Waals surface area contributed by atoms with Gasteiger partial charge in [0.2, 0.25) is 17.7 Å². The van der Waals surface area contributed by atoms with Crippen molar-refractivity contribution in [1.82, 2.24) is 15.5 Å². The lowest BCUT2D eigenvalue weighted by Gasteiger charge is -2.17. The van der Waals surface area contributed by atoms with Gasteiger partial charge in [-0.15, -0.1) is 0 Å². The van der Waals surface area contributed by atoms with E-state index < -0.39 is 0 Å². The van der Waals surface area contributed by atoms with E-state index in [0.717, 1.165) is 5.69 Å². The van der Waals surface area contributed by atoms with E-state index in [1.807, 2.05) is 31.2 Å². The summed E-state index contributed by atoms with van der Waals surface area (Å²) in [4.78, 5) is 30.5. The highest BCUT2D eigenvalue weighted by Crippen LogP contribution is 2.27. The second-order valence-electron chi connectivity index (χ2n) is 6.83. The minimum atomic E-state index is -0.374. The Balaban J connectivity index is 1.58. The van der Waals surface area contributed by atoms with Crippen LogP contribution in [0.3, 0.4) is 0 Å². The fourth-order valence-corrected chi connectivity index (χ4v) is 2.98. The van der Waals surface area contributed by atoms with Crippen LogP contribution in [-0.4, -0.2) is 28.5 Å². The molecule has 1 fully saturated rings. The molecule has 3 rings (SSSR count). The summed E-state index contributed by atoms with van der Waals surface area (Å²) in [5, 5.41) is 6.57. The van der Waals surface area contributed by atoms with Gasteiger partial charge in [0.25, 0.3) is 0 Å². The molecule has 0 saturated carbocycles. The van der Waals surface area contributed by atoms with Crippen molar-refractivity contribution in [3.8, 4) is 0 Å². The molecule has 0 aliphatic carbocycles. The Kier molecular flexibility index (Phi) is 5.35. The van der Waals surface area contributed by atoms with Crippen LogP contribution in [0.2, 0.25) is 0 Å². The van der Waals surface area contributed by atoms with Crippen LogP contribution in [-0.2, 0) is 22.6 Å².